The molecule has 2 aromatic rings. The average molecular weight is 333 g/mol. The first-order valence-corrected chi connectivity index (χ1v) is 8.88. The Hall–Kier alpha value is -1.73. The van der Waals surface area contributed by atoms with Crippen molar-refractivity contribution in [3.8, 4) is 0 Å². The van der Waals surface area contributed by atoms with Crippen molar-refractivity contribution >= 4 is 17.2 Å². The van der Waals surface area contributed by atoms with Gasteiger partial charge >= 0.3 is 0 Å². The van der Waals surface area contributed by atoms with Gasteiger partial charge in [0.2, 0.25) is 11.8 Å². The molecular weight excluding hydrogens is 314 g/mol. The zero-order valence-corrected chi connectivity index (χ0v) is 13.8. The highest BCUT2D eigenvalue weighted by molar-refractivity contribution is 7.10. The first kappa shape index (κ1) is 14.8. The van der Waals surface area contributed by atoms with Gasteiger partial charge in [0, 0.05) is 24.8 Å². The third-order valence-electron chi connectivity index (χ3n) is 4.55. The molecule has 6 nitrogen and oxygen atoms in total. The fraction of sp³-hybridized carbons (Fsp3) is 0.562. The Morgan fingerprint density at radius 2 is 2.43 bits per heavy atom. The van der Waals surface area contributed by atoms with Gasteiger partial charge in [-0.2, -0.15) is 4.98 Å². The molecule has 0 bridgehead atoms. The maximum Gasteiger partial charge on any atom is 0.226 e. The summed E-state index contributed by atoms with van der Waals surface area (Å²) in [6, 6.07) is 2.02. The number of aromatic nitrogens is 2. The van der Waals surface area contributed by atoms with Crippen LogP contribution in [-0.2, 0) is 16.0 Å². The Morgan fingerprint density at radius 3 is 3.26 bits per heavy atom. The quantitative estimate of drug-likeness (QED) is 0.864. The van der Waals surface area contributed by atoms with E-state index in [1.165, 1.54) is 10.4 Å². The molecule has 4 heterocycles. The summed E-state index contributed by atoms with van der Waals surface area (Å²) in [5, 5.41) is 6.08. The largest absolute Gasteiger partial charge is 0.373 e. The first-order chi connectivity index (χ1) is 11.2. The number of carbonyl (C=O) groups is 1. The Balaban J connectivity index is 1.49. The molecule has 0 aromatic carbocycles. The van der Waals surface area contributed by atoms with Gasteiger partial charge in [-0.1, -0.05) is 5.16 Å². The van der Waals surface area contributed by atoms with Crippen LogP contribution in [0.25, 0.3) is 0 Å². The maximum atomic E-state index is 12.8. The second-order valence-corrected chi connectivity index (χ2v) is 7.03. The van der Waals surface area contributed by atoms with Gasteiger partial charge in [-0.3, -0.25) is 4.79 Å². The molecule has 122 valence electrons. The van der Waals surface area contributed by atoms with Crippen molar-refractivity contribution in [2.75, 3.05) is 13.2 Å². The van der Waals surface area contributed by atoms with Crippen LogP contribution < -0.4 is 0 Å². The van der Waals surface area contributed by atoms with E-state index in [0.29, 0.717) is 24.7 Å². The molecule has 0 N–H and O–H groups in total. The minimum absolute atomic E-state index is 0.0644. The van der Waals surface area contributed by atoms with E-state index < -0.39 is 0 Å². The van der Waals surface area contributed by atoms with E-state index in [2.05, 4.69) is 21.6 Å². The summed E-state index contributed by atoms with van der Waals surface area (Å²) in [5.41, 5.74) is 1.18. The van der Waals surface area contributed by atoms with Crippen LogP contribution in [0.2, 0.25) is 0 Å². The van der Waals surface area contributed by atoms with Crippen LogP contribution in [0.15, 0.2) is 16.0 Å². The highest BCUT2D eigenvalue weighted by Gasteiger charge is 2.35. The molecule has 1 fully saturated rings. The number of hydrogen-bond acceptors (Lipinski definition) is 6. The van der Waals surface area contributed by atoms with Gasteiger partial charge in [-0.25, -0.2) is 0 Å². The number of likely N-dealkylation sites (tertiary alicyclic amines) is 1. The Morgan fingerprint density at radius 1 is 1.52 bits per heavy atom. The molecule has 23 heavy (non-hydrogen) atoms. The van der Waals surface area contributed by atoms with E-state index in [0.717, 1.165) is 25.8 Å². The summed E-state index contributed by atoms with van der Waals surface area (Å²) < 4.78 is 10.9. The van der Waals surface area contributed by atoms with Gasteiger partial charge in [0.25, 0.3) is 0 Å². The number of nitrogens with zero attached hydrogens (tertiary/aromatic N) is 3. The summed E-state index contributed by atoms with van der Waals surface area (Å²) in [4.78, 5) is 20.3. The van der Waals surface area contributed by atoms with Crippen LogP contribution in [-0.4, -0.2) is 34.1 Å². The van der Waals surface area contributed by atoms with E-state index in [1.807, 2.05) is 4.90 Å². The summed E-state index contributed by atoms with van der Waals surface area (Å²) in [7, 11) is 0. The lowest BCUT2D eigenvalue weighted by molar-refractivity contribution is -0.135. The molecule has 0 radical (unpaired) electrons. The van der Waals surface area contributed by atoms with Gasteiger partial charge in [0.15, 0.2) is 5.82 Å². The van der Waals surface area contributed by atoms with Crippen molar-refractivity contribution in [3.05, 3.63) is 33.6 Å². The normalized spacial score (nSPS) is 24.0. The van der Waals surface area contributed by atoms with Gasteiger partial charge in [-0.05, 0) is 29.9 Å². The zero-order valence-electron chi connectivity index (χ0n) is 13.0. The third-order valence-corrected chi connectivity index (χ3v) is 5.55. The summed E-state index contributed by atoms with van der Waals surface area (Å²) >= 11 is 1.75. The van der Waals surface area contributed by atoms with E-state index in [-0.39, 0.29) is 18.1 Å². The predicted octanol–water partition coefficient (Wildman–Crippen LogP) is 2.81. The number of fused-ring (bicyclic) bond motifs is 1. The van der Waals surface area contributed by atoms with Crippen LogP contribution in [0.4, 0.5) is 0 Å². The molecule has 0 aliphatic carbocycles. The number of amides is 1. The first-order valence-electron chi connectivity index (χ1n) is 8.00. The number of hydrogen-bond donors (Lipinski definition) is 0. The fourth-order valence-corrected chi connectivity index (χ4v) is 4.37. The molecule has 2 aromatic heterocycles. The Kier molecular flexibility index (Phi) is 3.90. The van der Waals surface area contributed by atoms with Gasteiger partial charge in [0.1, 0.15) is 0 Å². The Bertz CT molecular complexity index is 711. The molecule has 1 amide bonds. The Labute approximate surface area is 138 Å². The molecule has 2 aliphatic heterocycles. The lowest BCUT2D eigenvalue weighted by atomic mass is 10.0. The lowest BCUT2D eigenvalue weighted by Crippen LogP contribution is -2.33. The zero-order chi connectivity index (χ0) is 15.8. The van der Waals surface area contributed by atoms with E-state index in [1.54, 1.807) is 18.3 Å². The maximum absolute atomic E-state index is 12.8. The smallest absolute Gasteiger partial charge is 0.226 e. The minimum Gasteiger partial charge on any atom is -0.373 e. The number of aryl methyl sites for hydroxylation is 1. The molecule has 0 spiro atoms. The van der Waals surface area contributed by atoms with Crippen LogP contribution in [0.3, 0.4) is 0 Å². The SMILES string of the molecule is Cc1nc([C@@H]2CCCN2C(=O)C[C@H]2OCCc3sccc32)no1. The topological polar surface area (TPSA) is 68.5 Å². The lowest BCUT2D eigenvalue weighted by Gasteiger charge is -2.27. The number of carbonyl (C=O) groups excluding carboxylic acids is 1. The number of rotatable bonds is 3. The van der Waals surface area contributed by atoms with E-state index >= 15 is 0 Å². The van der Waals surface area contributed by atoms with Crippen molar-refractivity contribution in [2.24, 2.45) is 0 Å². The van der Waals surface area contributed by atoms with Crippen molar-refractivity contribution < 1.29 is 14.1 Å². The van der Waals surface area contributed by atoms with E-state index in [4.69, 9.17) is 9.26 Å². The van der Waals surface area contributed by atoms with Crippen LogP contribution >= 0.6 is 11.3 Å². The minimum atomic E-state index is -0.120. The number of thiophene rings is 1. The summed E-state index contributed by atoms with van der Waals surface area (Å²) in [5.74, 6) is 1.27. The average Bonchev–Trinajstić information content (AvgIpc) is 3.26. The molecule has 1 saturated heterocycles. The van der Waals surface area contributed by atoms with Crippen molar-refractivity contribution in [1.82, 2.24) is 15.0 Å². The van der Waals surface area contributed by atoms with E-state index in [9.17, 15) is 4.79 Å². The standard InChI is InChI=1S/C16H19N3O3S/c1-10-17-16(18-22-10)12-3-2-6-19(12)15(20)9-13-11-5-8-23-14(11)4-7-21-13/h5,8,12-13H,2-4,6-7,9H2,1H3/t12-,13+/m0/s1. The summed E-state index contributed by atoms with van der Waals surface area (Å²) in [6.07, 6.45) is 3.08. The second-order valence-electron chi connectivity index (χ2n) is 6.03. The van der Waals surface area contributed by atoms with Crippen molar-refractivity contribution in [3.63, 3.8) is 0 Å². The second kappa shape index (κ2) is 6.05. The highest BCUT2D eigenvalue weighted by atomic mass is 32.1. The molecule has 4 rings (SSSR count). The fourth-order valence-electron chi connectivity index (χ4n) is 3.45. The van der Waals surface area contributed by atoms with Crippen molar-refractivity contribution in [2.45, 2.75) is 44.8 Å². The summed E-state index contributed by atoms with van der Waals surface area (Å²) in [6.45, 7) is 3.21. The molecule has 2 atom stereocenters. The molecule has 0 unspecified atom stereocenters. The monoisotopic (exact) mass is 333 g/mol. The highest BCUT2D eigenvalue weighted by Crippen LogP contribution is 2.36. The van der Waals surface area contributed by atoms with Crippen LogP contribution in [0.5, 0.6) is 0 Å². The third kappa shape index (κ3) is 2.79. The predicted molar refractivity (Wildman–Crippen MR) is 84.1 cm³/mol. The van der Waals surface area contributed by atoms with Gasteiger partial charge in [0.05, 0.1) is 25.2 Å². The van der Waals surface area contributed by atoms with Gasteiger partial charge in [-0.15, -0.1) is 11.3 Å². The number of ether oxygens (including phenoxy) is 1. The van der Waals surface area contributed by atoms with Crippen LogP contribution in [0.1, 0.15) is 53.6 Å². The van der Waals surface area contributed by atoms with Gasteiger partial charge < -0.3 is 14.2 Å². The van der Waals surface area contributed by atoms with Crippen molar-refractivity contribution in [1.29, 1.82) is 0 Å². The van der Waals surface area contributed by atoms with Crippen LogP contribution in [0, 0.1) is 6.92 Å². The molecule has 7 heteroatoms. The molecule has 0 saturated carbocycles. The molecular formula is C16H19N3O3S. The molecule has 2 aliphatic rings.